The van der Waals surface area contributed by atoms with Crippen LogP contribution in [0.25, 0.3) is 11.0 Å². The Morgan fingerprint density at radius 3 is 2.75 bits per heavy atom. The molecule has 1 atom stereocenters. The van der Waals surface area contributed by atoms with Crippen LogP contribution in [0.5, 0.6) is 0 Å². The molecule has 108 valence electrons. The fraction of sp³-hybridized carbons (Fsp3) is 0.500. The van der Waals surface area contributed by atoms with Crippen molar-refractivity contribution < 1.29 is 0 Å². The lowest BCUT2D eigenvalue weighted by Gasteiger charge is -2.31. The molecule has 1 aliphatic rings. The highest BCUT2D eigenvalue weighted by atomic mass is 35.5. The predicted octanol–water partition coefficient (Wildman–Crippen LogP) is 4.35. The van der Waals surface area contributed by atoms with Gasteiger partial charge in [-0.05, 0) is 38.6 Å². The summed E-state index contributed by atoms with van der Waals surface area (Å²) in [6.07, 6.45) is 2.32. The SMILES string of the molecule is CN1CCCC(n2c(CCl)nc3cc(Cl)c(Cl)cc32)C1. The van der Waals surface area contributed by atoms with Gasteiger partial charge in [0.1, 0.15) is 5.82 Å². The van der Waals surface area contributed by atoms with E-state index in [4.69, 9.17) is 34.8 Å². The van der Waals surface area contributed by atoms with Gasteiger partial charge < -0.3 is 9.47 Å². The first-order valence-electron chi connectivity index (χ1n) is 6.70. The lowest BCUT2D eigenvalue weighted by Crippen LogP contribution is -2.34. The monoisotopic (exact) mass is 331 g/mol. The summed E-state index contributed by atoms with van der Waals surface area (Å²) in [5, 5.41) is 1.09. The molecule has 2 heterocycles. The molecule has 3 nitrogen and oxygen atoms in total. The quantitative estimate of drug-likeness (QED) is 0.762. The molecule has 1 unspecified atom stereocenters. The molecule has 6 heteroatoms. The normalized spacial score (nSPS) is 20.7. The number of hydrogen-bond acceptors (Lipinski definition) is 2. The van der Waals surface area contributed by atoms with Gasteiger partial charge in [-0.2, -0.15) is 0 Å². The zero-order chi connectivity index (χ0) is 14.3. The van der Waals surface area contributed by atoms with Gasteiger partial charge in [-0.25, -0.2) is 4.98 Å². The number of imidazole rings is 1. The fourth-order valence-electron chi connectivity index (χ4n) is 2.99. The van der Waals surface area contributed by atoms with Crippen LogP contribution in [-0.4, -0.2) is 34.6 Å². The molecule has 1 aromatic carbocycles. The fourth-order valence-corrected chi connectivity index (χ4v) is 3.50. The number of fused-ring (bicyclic) bond motifs is 1. The summed E-state index contributed by atoms with van der Waals surface area (Å²) in [6.45, 7) is 2.15. The van der Waals surface area contributed by atoms with Crippen LogP contribution in [0.4, 0.5) is 0 Å². The summed E-state index contributed by atoms with van der Waals surface area (Å²) in [7, 11) is 2.15. The second-order valence-corrected chi connectivity index (χ2v) is 6.43. The van der Waals surface area contributed by atoms with E-state index < -0.39 is 0 Å². The number of rotatable bonds is 2. The van der Waals surface area contributed by atoms with E-state index in [1.54, 1.807) is 0 Å². The minimum absolute atomic E-state index is 0.393. The molecule has 2 aromatic rings. The van der Waals surface area contributed by atoms with Crippen LogP contribution in [0, 0.1) is 0 Å². The first-order chi connectivity index (χ1) is 9.60. The van der Waals surface area contributed by atoms with Gasteiger partial charge in [-0.1, -0.05) is 23.2 Å². The number of likely N-dealkylation sites (N-methyl/N-ethyl adjacent to an activating group) is 1. The van der Waals surface area contributed by atoms with Crippen molar-refractivity contribution in [1.29, 1.82) is 0 Å². The van der Waals surface area contributed by atoms with E-state index in [2.05, 4.69) is 21.5 Å². The molecule has 0 radical (unpaired) electrons. The topological polar surface area (TPSA) is 21.1 Å². The highest BCUT2D eigenvalue weighted by molar-refractivity contribution is 6.42. The van der Waals surface area contributed by atoms with Crippen LogP contribution in [-0.2, 0) is 5.88 Å². The standard InChI is InChI=1S/C14H16Cl3N3/c1-19-4-2-3-9(8-19)20-13-6-11(17)10(16)5-12(13)18-14(20)7-15/h5-6,9H,2-4,7-8H2,1H3. The second kappa shape index (κ2) is 5.72. The minimum Gasteiger partial charge on any atom is -0.323 e. The van der Waals surface area contributed by atoms with Gasteiger partial charge in [0.2, 0.25) is 0 Å². The first-order valence-corrected chi connectivity index (χ1v) is 7.99. The lowest BCUT2D eigenvalue weighted by atomic mass is 10.1. The minimum atomic E-state index is 0.393. The van der Waals surface area contributed by atoms with E-state index in [1.165, 1.54) is 6.42 Å². The van der Waals surface area contributed by atoms with Crippen molar-refractivity contribution >= 4 is 45.8 Å². The van der Waals surface area contributed by atoms with Crippen molar-refractivity contribution in [3.8, 4) is 0 Å². The molecule has 1 fully saturated rings. The predicted molar refractivity (Wildman–Crippen MR) is 85.1 cm³/mol. The Labute approximate surface area is 133 Å². The molecule has 1 saturated heterocycles. The van der Waals surface area contributed by atoms with Crippen molar-refractivity contribution in [1.82, 2.24) is 14.5 Å². The van der Waals surface area contributed by atoms with Crippen LogP contribution < -0.4 is 0 Å². The Hall–Kier alpha value is -0.480. The van der Waals surface area contributed by atoms with Gasteiger partial charge in [0.15, 0.2) is 0 Å². The number of likely N-dealkylation sites (tertiary alicyclic amines) is 1. The summed E-state index contributed by atoms with van der Waals surface area (Å²) < 4.78 is 2.24. The summed E-state index contributed by atoms with van der Waals surface area (Å²) in [5.74, 6) is 1.28. The average molecular weight is 333 g/mol. The molecule has 0 bridgehead atoms. The van der Waals surface area contributed by atoms with E-state index >= 15 is 0 Å². The molecule has 3 rings (SSSR count). The molecule has 0 N–H and O–H groups in total. The largest absolute Gasteiger partial charge is 0.323 e. The molecule has 0 spiro atoms. The van der Waals surface area contributed by atoms with Gasteiger partial charge in [0.25, 0.3) is 0 Å². The summed E-state index contributed by atoms with van der Waals surface area (Å²) >= 11 is 18.3. The number of hydrogen-bond donors (Lipinski definition) is 0. The zero-order valence-corrected chi connectivity index (χ0v) is 13.5. The third kappa shape index (κ3) is 2.52. The highest BCUT2D eigenvalue weighted by Crippen LogP contribution is 2.32. The van der Waals surface area contributed by atoms with E-state index in [-0.39, 0.29) is 0 Å². The molecular weight excluding hydrogens is 317 g/mol. The maximum atomic E-state index is 6.16. The highest BCUT2D eigenvalue weighted by Gasteiger charge is 2.23. The number of halogens is 3. The Balaban J connectivity index is 2.14. The molecule has 0 amide bonds. The van der Waals surface area contributed by atoms with Crippen molar-refractivity contribution in [3.05, 3.63) is 28.0 Å². The van der Waals surface area contributed by atoms with Crippen molar-refractivity contribution in [2.24, 2.45) is 0 Å². The summed E-state index contributed by atoms with van der Waals surface area (Å²) in [4.78, 5) is 6.95. The molecule has 0 aliphatic carbocycles. The second-order valence-electron chi connectivity index (χ2n) is 5.34. The van der Waals surface area contributed by atoms with Gasteiger partial charge in [0.05, 0.1) is 27.0 Å². The van der Waals surface area contributed by atoms with E-state index in [9.17, 15) is 0 Å². The summed E-state index contributed by atoms with van der Waals surface area (Å²) in [5.41, 5.74) is 1.89. The number of nitrogens with zero attached hydrogens (tertiary/aromatic N) is 3. The van der Waals surface area contributed by atoms with Crippen LogP contribution in [0.1, 0.15) is 24.7 Å². The zero-order valence-electron chi connectivity index (χ0n) is 11.2. The third-order valence-electron chi connectivity index (χ3n) is 3.89. The van der Waals surface area contributed by atoms with Crippen molar-refractivity contribution in [3.63, 3.8) is 0 Å². The Bertz CT molecular complexity index is 638. The molecule has 20 heavy (non-hydrogen) atoms. The lowest BCUT2D eigenvalue weighted by molar-refractivity contribution is 0.213. The van der Waals surface area contributed by atoms with Crippen LogP contribution in [0.3, 0.4) is 0 Å². The van der Waals surface area contributed by atoms with Gasteiger partial charge >= 0.3 is 0 Å². The first kappa shape index (κ1) is 14.5. The number of piperidine rings is 1. The summed E-state index contributed by atoms with van der Waals surface area (Å²) in [6, 6.07) is 4.11. The maximum Gasteiger partial charge on any atom is 0.125 e. The van der Waals surface area contributed by atoms with E-state index in [0.717, 1.165) is 36.4 Å². The van der Waals surface area contributed by atoms with Crippen LogP contribution >= 0.6 is 34.8 Å². The molecular formula is C14H16Cl3N3. The third-order valence-corrected chi connectivity index (χ3v) is 4.85. The van der Waals surface area contributed by atoms with Crippen molar-refractivity contribution in [2.75, 3.05) is 20.1 Å². The molecule has 1 aliphatic heterocycles. The van der Waals surface area contributed by atoms with E-state index in [0.29, 0.717) is 22.0 Å². The average Bonchev–Trinajstić information content (AvgIpc) is 2.77. The smallest absolute Gasteiger partial charge is 0.125 e. The van der Waals surface area contributed by atoms with Crippen LogP contribution in [0.15, 0.2) is 12.1 Å². The number of alkyl halides is 1. The number of aromatic nitrogens is 2. The molecule has 1 aromatic heterocycles. The Morgan fingerprint density at radius 2 is 2.05 bits per heavy atom. The van der Waals surface area contributed by atoms with E-state index in [1.807, 2.05) is 12.1 Å². The van der Waals surface area contributed by atoms with Gasteiger partial charge in [0, 0.05) is 12.6 Å². The van der Waals surface area contributed by atoms with Gasteiger partial charge in [-0.15, -0.1) is 11.6 Å². The van der Waals surface area contributed by atoms with Crippen LogP contribution in [0.2, 0.25) is 10.0 Å². The van der Waals surface area contributed by atoms with Gasteiger partial charge in [-0.3, -0.25) is 0 Å². The Morgan fingerprint density at radius 1 is 1.30 bits per heavy atom. The number of benzene rings is 1. The van der Waals surface area contributed by atoms with Crippen molar-refractivity contribution in [2.45, 2.75) is 24.8 Å². The molecule has 0 saturated carbocycles. The Kier molecular flexibility index (Phi) is 4.14. The maximum absolute atomic E-state index is 6.16.